The van der Waals surface area contributed by atoms with E-state index >= 15 is 0 Å². The molecular weight excluding hydrogens is 328 g/mol. The van der Waals surface area contributed by atoms with Gasteiger partial charge in [-0.1, -0.05) is 0 Å². The molecule has 3 heterocycles. The van der Waals surface area contributed by atoms with Crippen molar-refractivity contribution in [2.45, 2.75) is 69.9 Å². The quantitative estimate of drug-likeness (QED) is 0.359. The largest absolute Gasteiger partial charge is 0.502 e. The Morgan fingerprint density at radius 2 is 1.96 bits per heavy atom. The lowest BCUT2D eigenvalue weighted by molar-refractivity contribution is -0.145. The van der Waals surface area contributed by atoms with E-state index in [1.165, 1.54) is 0 Å². The molecule has 24 heavy (non-hydrogen) atoms. The molecule has 2 N–H and O–H groups in total. The summed E-state index contributed by atoms with van der Waals surface area (Å²) in [5.41, 5.74) is 0. The van der Waals surface area contributed by atoms with Crippen molar-refractivity contribution in [2.75, 3.05) is 26.2 Å². The minimum absolute atomic E-state index is 0.0893. The van der Waals surface area contributed by atoms with Crippen LogP contribution in [0.4, 0.5) is 0 Å². The van der Waals surface area contributed by atoms with E-state index in [-0.39, 0.29) is 30.3 Å². The van der Waals surface area contributed by atoms with Gasteiger partial charge in [-0.05, 0) is 59.2 Å². The zero-order valence-corrected chi connectivity index (χ0v) is 15.7. The van der Waals surface area contributed by atoms with Crippen molar-refractivity contribution in [2.24, 2.45) is 0 Å². The highest BCUT2D eigenvalue weighted by molar-refractivity contribution is 6.62. The number of esters is 1. The van der Waals surface area contributed by atoms with E-state index in [9.17, 15) is 4.79 Å². The van der Waals surface area contributed by atoms with Crippen LogP contribution in [0.2, 0.25) is 6.04 Å². The molecule has 138 valence electrons. The van der Waals surface area contributed by atoms with Crippen molar-refractivity contribution in [1.82, 2.24) is 10.6 Å². The molecule has 3 aliphatic heterocycles. The molecule has 2 unspecified atom stereocenters. The van der Waals surface area contributed by atoms with Gasteiger partial charge in [0.1, 0.15) is 6.04 Å². The third kappa shape index (κ3) is 4.36. The summed E-state index contributed by atoms with van der Waals surface area (Å²) >= 11 is 0. The van der Waals surface area contributed by atoms with Gasteiger partial charge in [0, 0.05) is 6.04 Å². The average Bonchev–Trinajstić information content (AvgIpc) is 3.24. The van der Waals surface area contributed by atoms with Crippen LogP contribution >= 0.6 is 0 Å². The van der Waals surface area contributed by atoms with Gasteiger partial charge < -0.3 is 28.6 Å². The number of nitrogens with one attached hydrogen (secondary N) is 2. The Hall–Kier alpha value is -0.513. The number of rotatable bonds is 9. The highest BCUT2D eigenvalue weighted by Crippen LogP contribution is 2.40. The fourth-order valence-corrected chi connectivity index (χ4v) is 6.98. The molecule has 7 nitrogen and oxygen atoms in total. The van der Waals surface area contributed by atoms with Gasteiger partial charge in [0.2, 0.25) is 0 Å². The minimum atomic E-state index is -2.38. The Kier molecular flexibility index (Phi) is 6.28. The summed E-state index contributed by atoms with van der Waals surface area (Å²) in [5.74, 6) is -0.107. The molecule has 0 aromatic rings. The molecule has 0 aliphatic carbocycles. The van der Waals surface area contributed by atoms with Crippen LogP contribution in [0.25, 0.3) is 0 Å². The predicted octanol–water partition coefficient (Wildman–Crippen LogP) is 0.813. The number of ether oxygens (including phenoxy) is 1. The van der Waals surface area contributed by atoms with Gasteiger partial charge in [0.15, 0.2) is 0 Å². The SMILES string of the molecule is CC1O[Si]2(CCCNCCCOC(=O)[C@@H]3CCCN3)OC(C)C1O2. The van der Waals surface area contributed by atoms with E-state index in [4.69, 9.17) is 18.0 Å². The molecule has 0 saturated carbocycles. The molecule has 0 aromatic heterocycles. The Balaban J connectivity index is 1.19. The van der Waals surface area contributed by atoms with Crippen molar-refractivity contribution in [1.29, 1.82) is 0 Å². The molecule has 0 amide bonds. The summed E-state index contributed by atoms with van der Waals surface area (Å²) in [6, 6.07) is 0.779. The van der Waals surface area contributed by atoms with Crippen LogP contribution in [-0.4, -0.2) is 65.4 Å². The fourth-order valence-electron chi connectivity index (χ4n) is 3.65. The van der Waals surface area contributed by atoms with E-state index in [1.807, 2.05) is 0 Å². The van der Waals surface area contributed by atoms with Crippen molar-refractivity contribution < 1.29 is 22.8 Å². The maximum absolute atomic E-state index is 11.7. The van der Waals surface area contributed by atoms with E-state index in [0.717, 1.165) is 51.4 Å². The van der Waals surface area contributed by atoms with Gasteiger partial charge in [-0.15, -0.1) is 0 Å². The van der Waals surface area contributed by atoms with E-state index in [1.54, 1.807) is 0 Å². The molecule has 0 radical (unpaired) electrons. The third-order valence-corrected chi connectivity index (χ3v) is 7.95. The molecule has 3 saturated heterocycles. The number of hydrogen-bond acceptors (Lipinski definition) is 7. The van der Waals surface area contributed by atoms with Crippen LogP contribution in [0, 0.1) is 0 Å². The van der Waals surface area contributed by atoms with Crippen molar-refractivity contribution in [3.05, 3.63) is 0 Å². The lowest BCUT2D eigenvalue weighted by atomic mass is 10.1. The molecule has 3 fully saturated rings. The monoisotopic (exact) mass is 358 g/mol. The van der Waals surface area contributed by atoms with Crippen molar-refractivity contribution >= 4 is 14.8 Å². The first-order chi connectivity index (χ1) is 11.6. The summed E-state index contributed by atoms with van der Waals surface area (Å²) < 4.78 is 23.2. The van der Waals surface area contributed by atoms with E-state index in [2.05, 4.69) is 24.5 Å². The fraction of sp³-hybridized carbons (Fsp3) is 0.938. The summed E-state index contributed by atoms with van der Waals surface area (Å²) in [6.07, 6.45) is 4.21. The van der Waals surface area contributed by atoms with Crippen molar-refractivity contribution in [3.63, 3.8) is 0 Å². The molecule has 0 aromatic carbocycles. The maximum Gasteiger partial charge on any atom is 0.502 e. The first kappa shape index (κ1) is 18.3. The van der Waals surface area contributed by atoms with Gasteiger partial charge in [0.05, 0.1) is 24.9 Å². The lowest BCUT2D eigenvalue weighted by Gasteiger charge is -2.26. The Morgan fingerprint density at radius 1 is 1.21 bits per heavy atom. The van der Waals surface area contributed by atoms with Crippen LogP contribution in [0.1, 0.15) is 39.5 Å². The van der Waals surface area contributed by atoms with Crippen LogP contribution in [0.3, 0.4) is 0 Å². The average molecular weight is 359 g/mol. The topological polar surface area (TPSA) is 78.1 Å². The number of hydrogen-bond donors (Lipinski definition) is 2. The van der Waals surface area contributed by atoms with Crippen LogP contribution in [-0.2, 0) is 22.8 Å². The molecule has 2 bridgehead atoms. The van der Waals surface area contributed by atoms with Gasteiger partial charge in [-0.25, -0.2) is 0 Å². The van der Waals surface area contributed by atoms with Crippen LogP contribution in [0.5, 0.6) is 0 Å². The highest BCUT2D eigenvalue weighted by atomic mass is 28.4. The second kappa shape index (κ2) is 8.24. The Labute approximate surface area is 145 Å². The predicted molar refractivity (Wildman–Crippen MR) is 90.6 cm³/mol. The van der Waals surface area contributed by atoms with Crippen LogP contribution < -0.4 is 10.6 Å². The highest BCUT2D eigenvalue weighted by Gasteiger charge is 2.60. The molecule has 8 heteroatoms. The smallest absolute Gasteiger partial charge is 0.464 e. The molecule has 3 rings (SSSR count). The molecule has 3 atom stereocenters. The third-order valence-electron chi connectivity index (χ3n) is 4.90. The van der Waals surface area contributed by atoms with Crippen LogP contribution in [0.15, 0.2) is 0 Å². The van der Waals surface area contributed by atoms with Gasteiger partial charge in [-0.2, -0.15) is 0 Å². The van der Waals surface area contributed by atoms with E-state index < -0.39 is 8.80 Å². The van der Waals surface area contributed by atoms with Gasteiger partial charge in [0.25, 0.3) is 0 Å². The minimum Gasteiger partial charge on any atom is -0.464 e. The second-order valence-electron chi connectivity index (χ2n) is 6.93. The zero-order chi connectivity index (χ0) is 17.0. The summed E-state index contributed by atoms with van der Waals surface area (Å²) in [7, 11) is -2.38. The molecular formula is C16H30N2O5Si. The second-order valence-corrected chi connectivity index (χ2v) is 9.51. The van der Waals surface area contributed by atoms with E-state index in [0.29, 0.717) is 6.61 Å². The van der Waals surface area contributed by atoms with Gasteiger partial charge in [-0.3, -0.25) is 4.79 Å². The Morgan fingerprint density at radius 3 is 2.62 bits per heavy atom. The zero-order valence-electron chi connectivity index (χ0n) is 14.7. The first-order valence-corrected chi connectivity index (χ1v) is 11.2. The summed E-state index contributed by atoms with van der Waals surface area (Å²) in [6.45, 7) is 7.28. The number of carbonyl (C=O) groups excluding carboxylic acids is 1. The number of fused-ring (bicyclic) bond motifs is 2. The standard InChI is InChI=1S/C16H30N2O5Si/c1-12-15-13(2)22-24(21-12,23-15)11-5-8-17-7-4-10-20-16(19)14-6-3-9-18-14/h12-15,17-18H,3-11H2,1-2H3/t12?,13?,14-,15?,24?/m0/s1. The first-order valence-electron chi connectivity index (χ1n) is 9.24. The molecule has 0 spiro atoms. The normalized spacial score (nSPS) is 37.9. The maximum atomic E-state index is 11.7. The molecule has 3 aliphatic rings. The number of carbonyl (C=O) groups is 1. The van der Waals surface area contributed by atoms with Gasteiger partial charge >= 0.3 is 14.8 Å². The van der Waals surface area contributed by atoms with Crippen molar-refractivity contribution in [3.8, 4) is 0 Å². The summed E-state index contributed by atoms with van der Waals surface area (Å²) in [4.78, 5) is 11.7. The summed E-state index contributed by atoms with van der Waals surface area (Å²) in [5, 5.41) is 6.53. The Bertz CT molecular complexity index is 421. The lowest BCUT2D eigenvalue weighted by Crippen LogP contribution is -2.44.